The number of piperidine rings is 1. The number of nitrogens with zero attached hydrogens (tertiary/aromatic N) is 1. The number of hydrogen-bond acceptors (Lipinski definition) is 6. The Hall–Kier alpha value is -2.36. The molecule has 2 saturated heterocycles. The number of thioether (sulfide) groups is 1. The third-order valence-electron chi connectivity index (χ3n) is 8.27. The minimum absolute atomic E-state index is 0.00528. The molecule has 0 radical (unpaired) electrons. The highest BCUT2D eigenvalue weighted by Gasteiger charge is 2.42. The Bertz CT molecular complexity index is 982. The fraction of sp³-hybridized carbons (Fsp3) is 0.621. The van der Waals surface area contributed by atoms with E-state index in [1.54, 1.807) is 11.8 Å². The minimum atomic E-state index is -0.673. The Morgan fingerprint density at radius 1 is 1.18 bits per heavy atom. The van der Waals surface area contributed by atoms with Gasteiger partial charge in [-0.3, -0.25) is 14.4 Å². The smallest absolute Gasteiger partial charge is 0.243 e. The molecule has 0 unspecified atom stereocenters. The molecule has 9 heteroatoms. The molecule has 208 valence electrons. The van der Waals surface area contributed by atoms with Gasteiger partial charge in [0.2, 0.25) is 17.7 Å². The molecule has 3 aliphatic heterocycles. The topological polar surface area (TPSA) is 114 Å². The average molecular weight is 543 g/mol. The Kier molecular flexibility index (Phi) is 10.3. The average Bonchev–Trinajstić information content (AvgIpc) is 2.94. The largest absolute Gasteiger partial charge is 0.381 e. The first-order chi connectivity index (χ1) is 18.4. The minimum Gasteiger partial charge on any atom is -0.381 e. The van der Waals surface area contributed by atoms with Gasteiger partial charge in [0.05, 0.1) is 11.5 Å². The molecule has 0 aliphatic carbocycles. The van der Waals surface area contributed by atoms with E-state index in [-0.39, 0.29) is 29.7 Å². The van der Waals surface area contributed by atoms with Crippen LogP contribution in [0.2, 0.25) is 0 Å². The molecule has 1 spiro atoms. The van der Waals surface area contributed by atoms with Gasteiger partial charge in [0.25, 0.3) is 0 Å². The molecule has 3 amide bonds. The predicted octanol–water partition coefficient (Wildman–Crippen LogP) is 2.27. The number of carbonyl (C=O) groups excluding carboxylic acids is 3. The van der Waals surface area contributed by atoms with Crippen LogP contribution in [0.25, 0.3) is 0 Å². The third-order valence-corrected chi connectivity index (χ3v) is 8.92. The van der Waals surface area contributed by atoms with Crippen LogP contribution in [0.5, 0.6) is 0 Å². The van der Waals surface area contributed by atoms with Gasteiger partial charge in [0, 0.05) is 44.7 Å². The van der Waals surface area contributed by atoms with E-state index in [4.69, 9.17) is 10.5 Å². The molecule has 0 saturated carbocycles. The summed E-state index contributed by atoms with van der Waals surface area (Å²) in [5.41, 5.74) is 6.62. The van der Waals surface area contributed by atoms with Gasteiger partial charge in [-0.15, -0.1) is 0 Å². The van der Waals surface area contributed by atoms with Gasteiger partial charge >= 0.3 is 0 Å². The number of allylic oxidation sites excluding steroid dienone is 2. The summed E-state index contributed by atoms with van der Waals surface area (Å²) in [6.45, 7) is 2.20. The fourth-order valence-electron chi connectivity index (χ4n) is 5.78. The number of fused-ring (bicyclic) bond motifs is 1. The van der Waals surface area contributed by atoms with Crippen LogP contribution in [0.4, 0.5) is 0 Å². The summed E-state index contributed by atoms with van der Waals surface area (Å²) >= 11 is 1.69. The van der Waals surface area contributed by atoms with Crippen LogP contribution in [-0.2, 0) is 25.5 Å². The van der Waals surface area contributed by atoms with Gasteiger partial charge in [0.15, 0.2) is 0 Å². The number of nitrogens with one attached hydrogen (secondary N) is 2. The molecule has 8 nitrogen and oxygen atoms in total. The molecule has 38 heavy (non-hydrogen) atoms. The second kappa shape index (κ2) is 13.6. The lowest BCUT2D eigenvalue weighted by Crippen LogP contribution is -2.59. The number of ether oxygens (including phenoxy) is 1. The molecule has 2 fully saturated rings. The van der Waals surface area contributed by atoms with Crippen molar-refractivity contribution in [2.45, 2.75) is 63.1 Å². The van der Waals surface area contributed by atoms with Crippen LogP contribution in [0, 0.1) is 11.3 Å². The number of nitrogens with two attached hydrogens (primary N) is 1. The molecule has 0 aromatic heterocycles. The van der Waals surface area contributed by atoms with Gasteiger partial charge in [-0.05, 0) is 56.1 Å². The van der Waals surface area contributed by atoms with Crippen LogP contribution in [-0.4, -0.2) is 79.1 Å². The third kappa shape index (κ3) is 7.18. The highest BCUT2D eigenvalue weighted by atomic mass is 32.2. The van der Waals surface area contributed by atoms with Gasteiger partial charge in [-0.2, -0.15) is 11.8 Å². The number of amides is 3. The van der Waals surface area contributed by atoms with Crippen LogP contribution < -0.4 is 16.4 Å². The highest BCUT2D eigenvalue weighted by molar-refractivity contribution is 7.98. The summed E-state index contributed by atoms with van der Waals surface area (Å²) in [5.74, 6) is 0.694. The zero-order valence-electron chi connectivity index (χ0n) is 22.4. The van der Waals surface area contributed by atoms with E-state index in [2.05, 4.69) is 22.8 Å². The van der Waals surface area contributed by atoms with Crippen molar-refractivity contribution in [2.24, 2.45) is 17.1 Å². The molecule has 3 aliphatic rings. The summed E-state index contributed by atoms with van der Waals surface area (Å²) in [6.07, 6.45) is 10.6. The fourth-order valence-corrected chi connectivity index (χ4v) is 6.27. The molecular formula is C29H42N4O4S. The predicted molar refractivity (Wildman–Crippen MR) is 151 cm³/mol. The van der Waals surface area contributed by atoms with Crippen molar-refractivity contribution < 1.29 is 19.1 Å². The highest BCUT2D eigenvalue weighted by Crippen LogP contribution is 2.36. The molecule has 4 N–H and O–H groups in total. The van der Waals surface area contributed by atoms with E-state index < -0.39 is 17.5 Å². The maximum absolute atomic E-state index is 13.7. The zero-order chi connectivity index (χ0) is 27.0. The lowest BCUT2D eigenvalue weighted by Gasteiger charge is -2.41. The molecule has 4 atom stereocenters. The molecular weight excluding hydrogens is 500 g/mol. The SMILES string of the molecule is CSCC[C@H](N)C(=O)N1CC[C@@H]2NC(=O)[C@@H](Cc3ccccc3)NC(=O)C3(C/C=C/C[C@H]2C1)CCOCC3. The Labute approximate surface area is 230 Å². The van der Waals surface area contributed by atoms with Gasteiger partial charge in [-0.1, -0.05) is 42.5 Å². The van der Waals surface area contributed by atoms with E-state index in [0.29, 0.717) is 64.8 Å². The quantitative estimate of drug-likeness (QED) is 0.476. The number of likely N-dealkylation sites (tertiary alicyclic amines) is 1. The molecule has 0 bridgehead atoms. The molecule has 1 aromatic carbocycles. The summed E-state index contributed by atoms with van der Waals surface area (Å²) < 4.78 is 5.58. The first kappa shape index (κ1) is 28.6. The second-order valence-electron chi connectivity index (χ2n) is 10.9. The van der Waals surface area contributed by atoms with E-state index in [1.807, 2.05) is 41.5 Å². The maximum Gasteiger partial charge on any atom is 0.243 e. The Morgan fingerprint density at radius 3 is 2.68 bits per heavy atom. The number of benzene rings is 1. The second-order valence-corrected chi connectivity index (χ2v) is 11.8. The number of rotatable bonds is 6. The monoisotopic (exact) mass is 542 g/mol. The Balaban J connectivity index is 1.55. The maximum atomic E-state index is 13.7. The molecule has 1 aromatic rings. The number of carbonyl (C=O) groups is 3. The summed E-state index contributed by atoms with van der Waals surface area (Å²) in [6, 6.07) is 8.56. The van der Waals surface area contributed by atoms with Crippen LogP contribution in [0.1, 0.15) is 44.1 Å². The van der Waals surface area contributed by atoms with E-state index in [1.165, 1.54) is 0 Å². The van der Waals surface area contributed by atoms with Gasteiger partial charge in [-0.25, -0.2) is 0 Å². The van der Waals surface area contributed by atoms with Crippen molar-refractivity contribution in [3.05, 3.63) is 48.0 Å². The van der Waals surface area contributed by atoms with Crippen molar-refractivity contribution in [1.82, 2.24) is 15.5 Å². The first-order valence-electron chi connectivity index (χ1n) is 13.8. The first-order valence-corrected chi connectivity index (χ1v) is 15.2. The normalized spacial score (nSPS) is 27.7. The summed E-state index contributed by atoms with van der Waals surface area (Å²) in [4.78, 5) is 42.2. The van der Waals surface area contributed by atoms with Crippen LogP contribution in [0.3, 0.4) is 0 Å². The molecule has 4 rings (SSSR count). The summed E-state index contributed by atoms with van der Waals surface area (Å²) in [5, 5.41) is 6.38. The zero-order valence-corrected chi connectivity index (χ0v) is 23.2. The number of hydrogen-bond donors (Lipinski definition) is 3. The standard InChI is InChI=1S/C29H42N4O4S/c1-38-18-11-23(30)27(35)33-15-10-24-22(20-33)9-5-6-12-29(13-16-37-17-14-29)28(36)32-25(26(34)31-24)19-21-7-3-2-4-8-21/h2-8,22-25H,9-20,30H2,1H3,(H,31,34)(H,32,36)/b6-5+/t22-,23-,24-,25+/m0/s1. The molecule has 3 heterocycles. The van der Waals surface area contributed by atoms with Crippen molar-refractivity contribution in [1.29, 1.82) is 0 Å². The van der Waals surface area contributed by atoms with E-state index >= 15 is 0 Å². The summed E-state index contributed by atoms with van der Waals surface area (Å²) in [7, 11) is 0. The van der Waals surface area contributed by atoms with Gasteiger partial charge in [0.1, 0.15) is 6.04 Å². The van der Waals surface area contributed by atoms with E-state index in [0.717, 1.165) is 17.7 Å². The Morgan fingerprint density at radius 2 is 1.95 bits per heavy atom. The van der Waals surface area contributed by atoms with Crippen LogP contribution >= 0.6 is 11.8 Å². The van der Waals surface area contributed by atoms with Crippen molar-refractivity contribution in [3.8, 4) is 0 Å². The van der Waals surface area contributed by atoms with Gasteiger partial charge < -0.3 is 26.0 Å². The van der Waals surface area contributed by atoms with Crippen molar-refractivity contribution in [3.63, 3.8) is 0 Å². The van der Waals surface area contributed by atoms with E-state index in [9.17, 15) is 14.4 Å². The van der Waals surface area contributed by atoms with Crippen LogP contribution in [0.15, 0.2) is 42.5 Å². The lowest BCUT2D eigenvalue weighted by molar-refractivity contribution is -0.140. The van der Waals surface area contributed by atoms with Crippen molar-refractivity contribution >= 4 is 29.5 Å². The van der Waals surface area contributed by atoms with Crippen molar-refractivity contribution in [2.75, 3.05) is 38.3 Å². The lowest BCUT2D eigenvalue weighted by atomic mass is 9.75.